The highest BCUT2D eigenvalue weighted by atomic mass is 16.2. The SMILES string of the molecule is CNC(=O)Nc1cc2cc(-c3cnccc3C)c(C)c(N)c2cn1. The first-order valence-corrected chi connectivity index (χ1v) is 7.60. The summed E-state index contributed by atoms with van der Waals surface area (Å²) >= 11 is 0. The second-order valence-electron chi connectivity index (χ2n) is 5.65. The summed E-state index contributed by atoms with van der Waals surface area (Å²) < 4.78 is 0. The molecule has 0 saturated carbocycles. The molecular weight excluding hydrogens is 302 g/mol. The molecule has 4 N–H and O–H groups in total. The average Bonchev–Trinajstić information content (AvgIpc) is 2.58. The lowest BCUT2D eigenvalue weighted by atomic mass is 9.94. The first-order chi connectivity index (χ1) is 11.5. The van der Waals surface area contributed by atoms with E-state index in [4.69, 9.17) is 5.73 Å². The van der Waals surface area contributed by atoms with Gasteiger partial charge in [0, 0.05) is 42.3 Å². The molecule has 2 heterocycles. The predicted molar refractivity (Wildman–Crippen MR) is 96.9 cm³/mol. The summed E-state index contributed by atoms with van der Waals surface area (Å²) in [7, 11) is 1.56. The smallest absolute Gasteiger partial charge is 0.320 e. The van der Waals surface area contributed by atoms with Crippen molar-refractivity contribution in [1.29, 1.82) is 0 Å². The van der Waals surface area contributed by atoms with Crippen molar-refractivity contribution in [3.8, 4) is 11.1 Å². The van der Waals surface area contributed by atoms with Gasteiger partial charge in [-0.3, -0.25) is 10.3 Å². The number of nitrogens with zero attached hydrogens (tertiary/aromatic N) is 2. The molecular formula is C18H19N5O. The van der Waals surface area contributed by atoms with E-state index in [2.05, 4.69) is 26.7 Å². The van der Waals surface area contributed by atoms with E-state index in [0.29, 0.717) is 11.5 Å². The molecule has 3 aromatic rings. The summed E-state index contributed by atoms with van der Waals surface area (Å²) in [5.74, 6) is 0.471. The third-order valence-corrected chi connectivity index (χ3v) is 4.13. The number of urea groups is 1. The van der Waals surface area contributed by atoms with Crippen molar-refractivity contribution in [2.45, 2.75) is 13.8 Å². The van der Waals surface area contributed by atoms with Gasteiger partial charge in [0.2, 0.25) is 0 Å². The number of aromatic nitrogens is 2. The highest BCUT2D eigenvalue weighted by Crippen LogP contribution is 2.35. The van der Waals surface area contributed by atoms with Crippen LogP contribution in [0.25, 0.3) is 21.9 Å². The molecule has 0 saturated heterocycles. The Kier molecular flexibility index (Phi) is 4.04. The highest BCUT2D eigenvalue weighted by Gasteiger charge is 2.12. The summed E-state index contributed by atoms with van der Waals surface area (Å²) in [6.45, 7) is 4.04. The monoisotopic (exact) mass is 321 g/mol. The van der Waals surface area contributed by atoms with Crippen LogP contribution in [0.1, 0.15) is 11.1 Å². The van der Waals surface area contributed by atoms with E-state index < -0.39 is 0 Å². The molecule has 0 spiro atoms. The van der Waals surface area contributed by atoms with Gasteiger partial charge in [0.15, 0.2) is 0 Å². The second-order valence-corrected chi connectivity index (χ2v) is 5.65. The zero-order chi connectivity index (χ0) is 17.3. The topological polar surface area (TPSA) is 92.9 Å². The van der Waals surface area contributed by atoms with E-state index in [1.165, 1.54) is 0 Å². The fraction of sp³-hybridized carbons (Fsp3) is 0.167. The Morgan fingerprint density at radius 3 is 2.67 bits per heavy atom. The van der Waals surface area contributed by atoms with Crippen LogP contribution in [0, 0.1) is 13.8 Å². The van der Waals surface area contributed by atoms with Gasteiger partial charge in [0.1, 0.15) is 5.82 Å². The molecule has 0 bridgehead atoms. The van der Waals surface area contributed by atoms with Crippen molar-refractivity contribution in [3.05, 3.63) is 47.9 Å². The minimum absolute atomic E-state index is 0.315. The fourth-order valence-corrected chi connectivity index (χ4v) is 2.70. The quantitative estimate of drug-likeness (QED) is 0.632. The molecule has 2 aromatic heterocycles. The zero-order valence-electron chi connectivity index (χ0n) is 13.8. The summed E-state index contributed by atoms with van der Waals surface area (Å²) in [5.41, 5.74) is 11.2. The van der Waals surface area contributed by atoms with E-state index >= 15 is 0 Å². The number of aryl methyl sites for hydroxylation is 1. The number of pyridine rings is 2. The van der Waals surface area contributed by atoms with Crippen LogP contribution in [0.4, 0.5) is 16.3 Å². The zero-order valence-corrected chi connectivity index (χ0v) is 13.8. The number of rotatable bonds is 2. The van der Waals surface area contributed by atoms with Gasteiger partial charge < -0.3 is 11.1 Å². The molecule has 122 valence electrons. The van der Waals surface area contributed by atoms with Crippen molar-refractivity contribution in [2.75, 3.05) is 18.1 Å². The van der Waals surface area contributed by atoms with Gasteiger partial charge in [0.05, 0.1) is 0 Å². The van der Waals surface area contributed by atoms with Gasteiger partial charge in [-0.15, -0.1) is 0 Å². The Hall–Kier alpha value is -3.15. The third kappa shape index (κ3) is 2.74. The van der Waals surface area contributed by atoms with Crippen molar-refractivity contribution < 1.29 is 4.79 Å². The lowest BCUT2D eigenvalue weighted by molar-refractivity contribution is 0.254. The highest BCUT2D eigenvalue weighted by molar-refractivity contribution is 6.01. The molecule has 1 aromatic carbocycles. The lowest BCUT2D eigenvalue weighted by Gasteiger charge is -2.14. The maximum Gasteiger partial charge on any atom is 0.320 e. The summed E-state index contributed by atoms with van der Waals surface area (Å²) in [5, 5.41) is 6.95. The molecule has 24 heavy (non-hydrogen) atoms. The van der Waals surface area contributed by atoms with Crippen LogP contribution < -0.4 is 16.4 Å². The molecule has 0 radical (unpaired) electrons. The third-order valence-electron chi connectivity index (χ3n) is 4.13. The Morgan fingerprint density at radius 2 is 1.96 bits per heavy atom. The Morgan fingerprint density at radius 1 is 1.17 bits per heavy atom. The molecule has 0 fully saturated rings. The minimum atomic E-state index is -0.315. The van der Waals surface area contributed by atoms with E-state index in [1.54, 1.807) is 19.4 Å². The molecule has 2 amide bonds. The number of carbonyl (C=O) groups is 1. The van der Waals surface area contributed by atoms with Gasteiger partial charge in [-0.25, -0.2) is 9.78 Å². The van der Waals surface area contributed by atoms with Crippen LogP contribution in [0.2, 0.25) is 0 Å². The standard InChI is InChI=1S/C18H19N5O/c1-10-4-5-21-8-14(10)13-6-12-7-16(23-18(24)20-3)22-9-15(12)17(19)11(13)2/h4-9H,19H2,1-3H3,(H2,20,22,23,24). The van der Waals surface area contributed by atoms with Gasteiger partial charge in [0.25, 0.3) is 0 Å². The molecule has 0 aliphatic rings. The molecule has 6 heteroatoms. The van der Waals surface area contributed by atoms with Crippen molar-refractivity contribution >= 4 is 28.3 Å². The Labute approximate surface area is 140 Å². The lowest BCUT2D eigenvalue weighted by Crippen LogP contribution is -2.24. The molecule has 0 unspecified atom stereocenters. The van der Waals surface area contributed by atoms with Crippen LogP contribution in [0.3, 0.4) is 0 Å². The normalized spacial score (nSPS) is 10.6. The van der Waals surface area contributed by atoms with Gasteiger partial charge >= 0.3 is 6.03 Å². The summed E-state index contributed by atoms with van der Waals surface area (Å²) in [6.07, 6.45) is 5.30. The molecule has 6 nitrogen and oxygen atoms in total. The molecule has 0 atom stereocenters. The molecule has 3 rings (SSSR count). The minimum Gasteiger partial charge on any atom is -0.398 e. The maximum atomic E-state index is 11.5. The van der Waals surface area contributed by atoms with Gasteiger partial charge in [-0.1, -0.05) is 0 Å². The van der Waals surface area contributed by atoms with Crippen LogP contribution in [-0.4, -0.2) is 23.0 Å². The Bertz CT molecular complexity index is 936. The predicted octanol–water partition coefficient (Wildman–Crippen LogP) is 3.25. The first-order valence-electron chi connectivity index (χ1n) is 7.60. The second kappa shape index (κ2) is 6.16. The molecule has 0 aliphatic carbocycles. The van der Waals surface area contributed by atoms with Crippen molar-refractivity contribution in [1.82, 2.24) is 15.3 Å². The van der Waals surface area contributed by atoms with Gasteiger partial charge in [-0.2, -0.15) is 0 Å². The number of anilines is 2. The number of nitrogens with two attached hydrogens (primary N) is 1. The van der Waals surface area contributed by atoms with Crippen molar-refractivity contribution in [2.24, 2.45) is 0 Å². The summed E-state index contributed by atoms with van der Waals surface area (Å²) in [6, 6.07) is 5.53. The summed E-state index contributed by atoms with van der Waals surface area (Å²) in [4.78, 5) is 20.0. The van der Waals surface area contributed by atoms with Crippen LogP contribution in [-0.2, 0) is 0 Å². The number of hydrogen-bond donors (Lipinski definition) is 3. The first kappa shape index (κ1) is 15.7. The number of carbonyl (C=O) groups excluding carboxylic acids is 1. The number of nitrogens with one attached hydrogen (secondary N) is 2. The van der Waals surface area contributed by atoms with Crippen molar-refractivity contribution in [3.63, 3.8) is 0 Å². The van der Waals surface area contributed by atoms with Crippen LogP contribution >= 0.6 is 0 Å². The van der Waals surface area contributed by atoms with Crippen LogP contribution in [0.5, 0.6) is 0 Å². The average molecular weight is 321 g/mol. The van der Waals surface area contributed by atoms with E-state index in [1.807, 2.05) is 32.2 Å². The maximum absolute atomic E-state index is 11.5. The number of nitrogen functional groups attached to an aromatic ring is 1. The molecule has 0 aliphatic heterocycles. The number of amides is 2. The van der Waals surface area contributed by atoms with E-state index in [-0.39, 0.29) is 6.03 Å². The van der Waals surface area contributed by atoms with E-state index in [0.717, 1.165) is 33.0 Å². The number of benzene rings is 1. The number of fused-ring (bicyclic) bond motifs is 1. The van der Waals surface area contributed by atoms with Gasteiger partial charge in [-0.05, 0) is 54.1 Å². The van der Waals surface area contributed by atoms with E-state index in [9.17, 15) is 4.79 Å². The number of hydrogen-bond acceptors (Lipinski definition) is 4. The fourth-order valence-electron chi connectivity index (χ4n) is 2.70. The van der Waals surface area contributed by atoms with Crippen LogP contribution in [0.15, 0.2) is 36.8 Å². The largest absolute Gasteiger partial charge is 0.398 e. The Balaban J connectivity index is 2.19.